The average Bonchev–Trinajstić information content (AvgIpc) is 2.77. The van der Waals surface area contributed by atoms with Crippen LogP contribution in [0.2, 0.25) is 0 Å². The van der Waals surface area contributed by atoms with Crippen molar-refractivity contribution in [2.24, 2.45) is 5.92 Å². The maximum Gasteiger partial charge on any atom is 0.255 e. The molecule has 2 amide bonds. The number of hydrogen-bond acceptors (Lipinski definition) is 4. The quantitative estimate of drug-likeness (QED) is 0.456. The Morgan fingerprint density at radius 2 is 1.48 bits per heavy atom. The van der Waals surface area contributed by atoms with Gasteiger partial charge in [0.15, 0.2) is 0 Å². The van der Waals surface area contributed by atoms with Gasteiger partial charge >= 0.3 is 0 Å². The summed E-state index contributed by atoms with van der Waals surface area (Å²) >= 11 is 0. The van der Waals surface area contributed by atoms with Crippen LogP contribution in [-0.4, -0.2) is 25.0 Å². The number of carbonyl (C=O) groups is 2. The normalized spacial score (nSPS) is 10.4. The molecule has 31 heavy (non-hydrogen) atoms. The highest BCUT2D eigenvalue weighted by atomic mass is 16.5. The second-order valence-corrected chi connectivity index (χ2v) is 7.54. The smallest absolute Gasteiger partial charge is 0.255 e. The van der Waals surface area contributed by atoms with E-state index in [9.17, 15) is 9.59 Å². The number of nitrogens with one attached hydrogen (secondary N) is 3. The third-order valence-electron chi connectivity index (χ3n) is 4.31. The number of ether oxygens (including phenoxy) is 1. The number of carbonyl (C=O) groups excluding carboxylic acids is 2. The molecule has 3 aromatic carbocycles. The molecule has 3 aromatic rings. The van der Waals surface area contributed by atoms with Crippen LogP contribution in [0.1, 0.15) is 24.2 Å². The van der Waals surface area contributed by atoms with Crippen LogP contribution in [0.3, 0.4) is 0 Å². The lowest BCUT2D eigenvalue weighted by Crippen LogP contribution is -2.22. The van der Waals surface area contributed by atoms with Crippen LogP contribution < -0.4 is 20.7 Å². The van der Waals surface area contributed by atoms with Crippen molar-refractivity contribution in [2.75, 3.05) is 29.1 Å². The van der Waals surface area contributed by atoms with Crippen molar-refractivity contribution < 1.29 is 14.3 Å². The van der Waals surface area contributed by atoms with Gasteiger partial charge in [0.25, 0.3) is 5.91 Å². The minimum atomic E-state index is -0.203. The van der Waals surface area contributed by atoms with Gasteiger partial charge in [0.2, 0.25) is 5.91 Å². The van der Waals surface area contributed by atoms with Crippen LogP contribution in [0.5, 0.6) is 5.75 Å². The molecule has 6 heteroatoms. The van der Waals surface area contributed by atoms with Crippen LogP contribution in [-0.2, 0) is 4.79 Å². The topological polar surface area (TPSA) is 79.5 Å². The fourth-order valence-electron chi connectivity index (χ4n) is 2.81. The van der Waals surface area contributed by atoms with Crippen molar-refractivity contribution in [1.29, 1.82) is 0 Å². The first kappa shape index (κ1) is 21.9. The zero-order valence-corrected chi connectivity index (χ0v) is 17.7. The van der Waals surface area contributed by atoms with Gasteiger partial charge < -0.3 is 20.7 Å². The van der Waals surface area contributed by atoms with Gasteiger partial charge in [-0.05, 0) is 48.4 Å². The molecule has 3 N–H and O–H groups in total. The summed E-state index contributed by atoms with van der Waals surface area (Å²) < 4.78 is 5.71. The minimum absolute atomic E-state index is 0.105. The van der Waals surface area contributed by atoms with Gasteiger partial charge in [-0.15, -0.1) is 0 Å². The van der Waals surface area contributed by atoms with E-state index in [0.717, 1.165) is 11.4 Å². The van der Waals surface area contributed by atoms with Crippen LogP contribution in [0.25, 0.3) is 0 Å². The zero-order valence-electron chi connectivity index (χ0n) is 17.7. The average molecular weight is 418 g/mol. The molecule has 0 saturated heterocycles. The summed E-state index contributed by atoms with van der Waals surface area (Å²) in [6.07, 6.45) is 0. The summed E-state index contributed by atoms with van der Waals surface area (Å²) in [5.41, 5.74) is 2.59. The number of hydrogen-bond donors (Lipinski definition) is 3. The predicted octanol–water partition coefficient (Wildman–Crippen LogP) is 5.02. The van der Waals surface area contributed by atoms with Gasteiger partial charge in [-0.25, -0.2) is 0 Å². The molecular weight excluding hydrogens is 390 g/mol. The van der Waals surface area contributed by atoms with E-state index >= 15 is 0 Å². The van der Waals surface area contributed by atoms with E-state index in [2.05, 4.69) is 29.8 Å². The first-order valence-electron chi connectivity index (χ1n) is 10.2. The highest BCUT2D eigenvalue weighted by Gasteiger charge is 2.07. The van der Waals surface area contributed by atoms with Gasteiger partial charge in [0.1, 0.15) is 5.75 Å². The van der Waals surface area contributed by atoms with E-state index in [4.69, 9.17) is 4.74 Å². The molecular formula is C25H27N3O3. The summed E-state index contributed by atoms with van der Waals surface area (Å²) in [5.74, 6) is 0.807. The molecule has 0 fully saturated rings. The Labute approximate surface area is 182 Å². The maximum atomic E-state index is 12.3. The standard InChI is InChI=1S/C25H27N3O3/c1-18(2)17-31-23-13-7-10-20(15-23)26-16-24(29)27-21-11-6-12-22(14-21)28-25(30)19-8-4-3-5-9-19/h3-15,18,26H,16-17H2,1-2H3,(H,27,29)(H,28,30). The first-order valence-corrected chi connectivity index (χ1v) is 10.2. The Morgan fingerprint density at radius 1 is 0.806 bits per heavy atom. The van der Waals surface area contributed by atoms with E-state index in [1.807, 2.05) is 42.5 Å². The fourth-order valence-corrected chi connectivity index (χ4v) is 2.81. The van der Waals surface area contributed by atoms with Crippen molar-refractivity contribution in [3.8, 4) is 5.75 Å². The lowest BCUT2D eigenvalue weighted by atomic mass is 10.2. The van der Waals surface area contributed by atoms with E-state index in [-0.39, 0.29) is 18.4 Å². The SMILES string of the molecule is CC(C)COc1cccc(NCC(=O)Nc2cccc(NC(=O)c3ccccc3)c2)c1. The minimum Gasteiger partial charge on any atom is -0.493 e. The first-order chi connectivity index (χ1) is 15.0. The molecule has 0 unspecified atom stereocenters. The second-order valence-electron chi connectivity index (χ2n) is 7.54. The van der Waals surface area contributed by atoms with E-state index in [1.165, 1.54) is 0 Å². The van der Waals surface area contributed by atoms with Crippen molar-refractivity contribution in [2.45, 2.75) is 13.8 Å². The maximum absolute atomic E-state index is 12.3. The van der Waals surface area contributed by atoms with E-state index < -0.39 is 0 Å². The van der Waals surface area contributed by atoms with E-state index in [0.29, 0.717) is 29.5 Å². The number of amides is 2. The molecule has 3 rings (SSSR count). The summed E-state index contributed by atoms with van der Waals surface area (Å²) in [7, 11) is 0. The third kappa shape index (κ3) is 7.19. The van der Waals surface area contributed by atoms with Crippen molar-refractivity contribution in [1.82, 2.24) is 0 Å². The van der Waals surface area contributed by atoms with Crippen molar-refractivity contribution in [3.05, 3.63) is 84.4 Å². The molecule has 0 radical (unpaired) electrons. The molecule has 0 atom stereocenters. The summed E-state index contributed by atoms with van der Waals surface area (Å²) in [6, 6.07) is 23.5. The molecule has 0 aliphatic rings. The molecule has 0 bridgehead atoms. The zero-order chi connectivity index (χ0) is 22.1. The lowest BCUT2D eigenvalue weighted by Gasteiger charge is -2.12. The summed E-state index contributed by atoms with van der Waals surface area (Å²) in [6.45, 7) is 4.93. The largest absolute Gasteiger partial charge is 0.493 e. The molecule has 0 aliphatic carbocycles. The highest BCUT2D eigenvalue weighted by molar-refractivity contribution is 6.04. The summed E-state index contributed by atoms with van der Waals surface area (Å²) in [4.78, 5) is 24.6. The third-order valence-corrected chi connectivity index (χ3v) is 4.31. The van der Waals surface area contributed by atoms with Crippen molar-refractivity contribution in [3.63, 3.8) is 0 Å². The Balaban J connectivity index is 1.52. The number of benzene rings is 3. The summed E-state index contributed by atoms with van der Waals surface area (Å²) in [5, 5.41) is 8.77. The van der Waals surface area contributed by atoms with Crippen LogP contribution in [0.15, 0.2) is 78.9 Å². The fraction of sp³-hybridized carbons (Fsp3) is 0.200. The second kappa shape index (κ2) is 10.8. The van der Waals surface area contributed by atoms with Gasteiger partial charge in [0.05, 0.1) is 13.2 Å². The van der Waals surface area contributed by atoms with Crippen molar-refractivity contribution >= 4 is 28.9 Å². The molecule has 0 saturated carbocycles. The number of anilines is 3. The van der Waals surface area contributed by atoms with Gasteiger partial charge in [-0.2, -0.15) is 0 Å². The molecule has 160 valence electrons. The van der Waals surface area contributed by atoms with Crippen LogP contribution in [0, 0.1) is 5.92 Å². The van der Waals surface area contributed by atoms with Crippen LogP contribution in [0.4, 0.5) is 17.1 Å². The Morgan fingerprint density at radius 3 is 2.23 bits per heavy atom. The lowest BCUT2D eigenvalue weighted by molar-refractivity contribution is -0.114. The molecule has 0 spiro atoms. The monoisotopic (exact) mass is 417 g/mol. The van der Waals surface area contributed by atoms with E-state index in [1.54, 1.807) is 36.4 Å². The predicted molar refractivity (Wildman–Crippen MR) is 125 cm³/mol. The van der Waals surface area contributed by atoms with Gasteiger partial charge in [-0.1, -0.05) is 44.2 Å². The molecule has 0 heterocycles. The highest BCUT2D eigenvalue weighted by Crippen LogP contribution is 2.19. The number of rotatable bonds is 9. The molecule has 0 aliphatic heterocycles. The van der Waals surface area contributed by atoms with Gasteiger partial charge in [0, 0.05) is 28.7 Å². The Bertz CT molecular complexity index is 1020. The van der Waals surface area contributed by atoms with Gasteiger partial charge in [-0.3, -0.25) is 9.59 Å². The van der Waals surface area contributed by atoms with Crippen LogP contribution >= 0.6 is 0 Å². The Hall–Kier alpha value is -3.80. The molecule has 0 aromatic heterocycles. The Kier molecular flexibility index (Phi) is 7.65. The molecule has 6 nitrogen and oxygen atoms in total.